The van der Waals surface area contributed by atoms with Crippen LogP contribution in [0.25, 0.3) is 55.4 Å². The van der Waals surface area contributed by atoms with Gasteiger partial charge in [0.25, 0.3) is 0 Å². The van der Waals surface area contributed by atoms with Crippen LogP contribution in [0.2, 0.25) is 0 Å². The highest BCUT2D eigenvalue weighted by molar-refractivity contribution is 6.22. The summed E-state index contributed by atoms with van der Waals surface area (Å²) in [5.41, 5.74) is 11.8. The Hall–Kier alpha value is -6.85. The van der Waals surface area contributed by atoms with Gasteiger partial charge in [-0.1, -0.05) is 146 Å². The number of rotatable bonds is 4. The Morgan fingerprint density at radius 2 is 1.39 bits per heavy atom. The highest BCUT2D eigenvalue weighted by atomic mass is 16.4. The molecule has 3 heterocycles. The first-order valence-electron chi connectivity index (χ1n) is 19.6. The lowest BCUT2D eigenvalue weighted by molar-refractivity contribution is 0.506. The summed E-state index contributed by atoms with van der Waals surface area (Å²) < 4.78 is 13.2. The second-order valence-corrected chi connectivity index (χ2v) is 15.3. The Kier molecular flexibility index (Phi) is 6.94. The van der Waals surface area contributed by atoms with Gasteiger partial charge in [0.05, 0.1) is 23.0 Å². The van der Waals surface area contributed by atoms with Crippen molar-refractivity contribution in [2.45, 2.75) is 30.6 Å². The van der Waals surface area contributed by atoms with Crippen LogP contribution in [0, 0.1) is 5.92 Å². The number of hydrogen-bond donors (Lipinski definition) is 0. The zero-order valence-corrected chi connectivity index (χ0v) is 30.5. The minimum atomic E-state index is 0.0410. The van der Waals surface area contributed by atoms with Gasteiger partial charge in [0.15, 0.2) is 11.3 Å². The van der Waals surface area contributed by atoms with E-state index < -0.39 is 0 Å². The largest absolute Gasteiger partial charge is 0.439 e. The van der Waals surface area contributed by atoms with Crippen LogP contribution in [0.1, 0.15) is 53.3 Å². The van der Waals surface area contributed by atoms with Crippen molar-refractivity contribution in [1.29, 1.82) is 0 Å². The van der Waals surface area contributed by atoms with E-state index in [9.17, 15) is 0 Å². The molecule has 0 radical (unpaired) electrons. The molecule has 2 aromatic heterocycles. The van der Waals surface area contributed by atoms with Gasteiger partial charge in [-0.25, -0.2) is 9.97 Å². The molecule has 5 heteroatoms. The van der Waals surface area contributed by atoms with Gasteiger partial charge >= 0.3 is 0 Å². The fourth-order valence-corrected chi connectivity index (χ4v) is 9.39. The van der Waals surface area contributed by atoms with Crippen LogP contribution >= 0.6 is 0 Å². The van der Waals surface area contributed by atoms with Crippen LogP contribution in [0.5, 0.6) is 0 Å². The first-order chi connectivity index (χ1) is 27.7. The van der Waals surface area contributed by atoms with Crippen molar-refractivity contribution < 1.29 is 8.83 Å². The standard InChI is InChI=1S/C51H35N3O2/c1-2-12-35-34(11-1)29-44(30-21-25-32(26-22-30)50-53-46-40-17-7-3-13-36(40)38-15-5-9-19-42(38)48(46)55-50)52-45(35)31-23-27-33(28-24-31)51-54-47-41-18-8-4-14-37(41)39-16-6-10-20-43(39)49(47)56-51/h1-11,13-25,27-29,32,35,37,41H,12,26H2. The predicted octanol–water partition coefficient (Wildman–Crippen LogP) is 12.6. The quantitative estimate of drug-likeness (QED) is 0.170. The van der Waals surface area contributed by atoms with Crippen LogP contribution in [-0.2, 0) is 0 Å². The number of aliphatic imine (C=N–C) groups is 1. The van der Waals surface area contributed by atoms with E-state index in [1.807, 2.05) is 0 Å². The highest BCUT2D eigenvalue weighted by Crippen LogP contribution is 2.50. The average Bonchev–Trinajstić information content (AvgIpc) is 3.94. The summed E-state index contributed by atoms with van der Waals surface area (Å²) in [4.78, 5) is 15.6. The van der Waals surface area contributed by atoms with Gasteiger partial charge < -0.3 is 8.83 Å². The first-order valence-corrected chi connectivity index (χ1v) is 19.6. The molecule has 7 aromatic rings. The maximum absolute atomic E-state index is 6.59. The van der Waals surface area contributed by atoms with Gasteiger partial charge in [-0.05, 0) is 64.1 Å². The number of nitrogens with zero attached hydrogens (tertiary/aromatic N) is 3. The average molecular weight is 722 g/mol. The van der Waals surface area contributed by atoms with Gasteiger partial charge in [-0.2, -0.15) is 0 Å². The van der Waals surface area contributed by atoms with Gasteiger partial charge in [-0.3, -0.25) is 4.99 Å². The molecule has 4 aliphatic carbocycles. The van der Waals surface area contributed by atoms with E-state index in [1.54, 1.807) is 0 Å². The molecule has 0 amide bonds. The zero-order chi connectivity index (χ0) is 36.7. The molecular weight excluding hydrogens is 687 g/mol. The van der Waals surface area contributed by atoms with E-state index >= 15 is 0 Å². The van der Waals surface area contributed by atoms with Crippen molar-refractivity contribution in [3.63, 3.8) is 0 Å². The summed E-state index contributed by atoms with van der Waals surface area (Å²) in [5.74, 6) is 2.96. The molecule has 0 spiro atoms. The minimum absolute atomic E-state index is 0.0410. The SMILES string of the molecule is C1=CCC2C(=C1)C=C(C1=CCC(c3nc4c5ccccc5c5ccccc5c4o3)C=C1)N=C2c1ccc(-c2nc3c(o2)-c2ccccc2C2C=CC=CC32)cc1. The Labute approximate surface area is 323 Å². The van der Waals surface area contributed by atoms with E-state index in [-0.39, 0.29) is 23.7 Å². The van der Waals surface area contributed by atoms with Crippen LogP contribution in [0.15, 0.2) is 195 Å². The normalized spacial score (nSPS) is 21.9. The van der Waals surface area contributed by atoms with Crippen molar-refractivity contribution in [3.05, 3.63) is 203 Å². The van der Waals surface area contributed by atoms with Gasteiger partial charge in [0.2, 0.25) is 11.8 Å². The summed E-state index contributed by atoms with van der Waals surface area (Å²) in [5, 5.41) is 4.61. The van der Waals surface area contributed by atoms with E-state index in [2.05, 4.69) is 164 Å². The first kappa shape index (κ1) is 31.5. The van der Waals surface area contributed by atoms with Crippen LogP contribution in [0.3, 0.4) is 0 Å². The fraction of sp³-hybridized carbons (Fsp3) is 0.118. The summed E-state index contributed by atoms with van der Waals surface area (Å²) in [7, 11) is 0. The molecule has 0 bridgehead atoms. The Morgan fingerprint density at radius 3 is 2.23 bits per heavy atom. The highest BCUT2D eigenvalue weighted by Gasteiger charge is 2.36. The van der Waals surface area contributed by atoms with Crippen LogP contribution < -0.4 is 0 Å². The predicted molar refractivity (Wildman–Crippen MR) is 225 cm³/mol. The van der Waals surface area contributed by atoms with Crippen molar-refractivity contribution in [1.82, 2.24) is 9.97 Å². The number of hydrogen-bond acceptors (Lipinski definition) is 5. The molecule has 0 saturated heterocycles. The van der Waals surface area contributed by atoms with Crippen molar-refractivity contribution in [2.24, 2.45) is 10.9 Å². The molecule has 266 valence electrons. The summed E-state index contributed by atoms with van der Waals surface area (Å²) in [6.07, 6.45) is 26.1. The van der Waals surface area contributed by atoms with Gasteiger partial charge in [-0.15, -0.1) is 0 Å². The molecule has 0 saturated carbocycles. The summed E-state index contributed by atoms with van der Waals surface area (Å²) in [6.45, 7) is 0. The molecule has 12 rings (SSSR count). The smallest absolute Gasteiger partial charge is 0.227 e. The number of allylic oxidation sites excluding steroid dienone is 12. The monoisotopic (exact) mass is 721 g/mol. The number of oxazole rings is 2. The van der Waals surface area contributed by atoms with E-state index in [1.165, 1.54) is 21.9 Å². The molecule has 1 aliphatic heterocycles. The third-order valence-corrected chi connectivity index (χ3v) is 12.2. The lowest BCUT2D eigenvalue weighted by atomic mass is 9.74. The van der Waals surface area contributed by atoms with Crippen LogP contribution in [-0.4, -0.2) is 15.7 Å². The van der Waals surface area contributed by atoms with Gasteiger partial charge in [0, 0.05) is 39.7 Å². The summed E-state index contributed by atoms with van der Waals surface area (Å²) in [6, 6.07) is 34.1. The van der Waals surface area contributed by atoms with Crippen LogP contribution in [0.4, 0.5) is 0 Å². The van der Waals surface area contributed by atoms with Crippen molar-refractivity contribution in [2.75, 3.05) is 0 Å². The molecular formula is C51H35N3O2. The molecule has 5 nitrogen and oxygen atoms in total. The fourth-order valence-electron chi connectivity index (χ4n) is 9.39. The number of fused-ring (bicyclic) bond motifs is 13. The summed E-state index contributed by atoms with van der Waals surface area (Å²) >= 11 is 0. The Morgan fingerprint density at radius 1 is 0.643 bits per heavy atom. The third kappa shape index (κ3) is 4.83. The van der Waals surface area contributed by atoms with E-state index in [0.29, 0.717) is 5.89 Å². The molecule has 56 heavy (non-hydrogen) atoms. The maximum Gasteiger partial charge on any atom is 0.227 e. The second kappa shape index (κ2) is 12.3. The minimum Gasteiger partial charge on any atom is -0.439 e. The number of aromatic nitrogens is 2. The van der Waals surface area contributed by atoms with E-state index in [0.717, 1.165) is 85.7 Å². The van der Waals surface area contributed by atoms with Crippen molar-refractivity contribution >= 4 is 38.4 Å². The topological polar surface area (TPSA) is 64.4 Å². The lowest BCUT2D eigenvalue weighted by Gasteiger charge is -2.29. The number of benzene rings is 5. The molecule has 0 fully saturated rings. The molecule has 0 N–H and O–H groups in total. The Balaban J connectivity index is 0.852. The molecule has 5 aromatic carbocycles. The van der Waals surface area contributed by atoms with Gasteiger partial charge in [0.1, 0.15) is 5.52 Å². The third-order valence-electron chi connectivity index (χ3n) is 12.2. The van der Waals surface area contributed by atoms with Crippen molar-refractivity contribution in [3.8, 4) is 22.8 Å². The molecule has 5 aliphatic rings. The maximum atomic E-state index is 6.59. The molecule has 4 atom stereocenters. The Bertz CT molecular complexity index is 2980. The lowest BCUT2D eigenvalue weighted by Crippen LogP contribution is -2.22. The second-order valence-electron chi connectivity index (χ2n) is 15.3. The zero-order valence-electron chi connectivity index (χ0n) is 30.5. The molecule has 4 unspecified atom stereocenters. The van der Waals surface area contributed by atoms with E-state index in [4.69, 9.17) is 23.8 Å².